The molecule has 0 heterocycles. The van der Waals surface area contributed by atoms with Gasteiger partial charge in [-0.15, -0.1) is 0 Å². The standard InChI is InChI=1S/C6H15NO3S/c1-2-10-6-11(8,9)5-3-4-7/h2-7H2,1H3. The molecule has 0 aromatic heterocycles. The molecule has 0 rings (SSSR count). The monoisotopic (exact) mass is 181 g/mol. The zero-order valence-electron chi connectivity index (χ0n) is 6.75. The highest BCUT2D eigenvalue weighted by molar-refractivity contribution is 7.91. The fourth-order valence-electron chi connectivity index (χ4n) is 0.572. The zero-order chi connectivity index (χ0) is 8.74. The first-order chi connectivity index (χ1) is 5.12. The van der Waals surface area contributed by atoms with E-state index in [1.54, 1.807) is 6.92 Å². The van der Waals surface area contributed by atoms with Crippen molar-refractivity contribution in [3.05, 3.63) is 0 Å². The normalized spacial score (nSPS) is 11.8. The van der Waals surface area contributed by atoms with Gasteiger partial charge < -0.3 is 10.5 Å². The van der Waals surface area contributed by atoms with Gasteiger partial charge >= 0.3 is 0 Å². The van der Waals surface area contributed by atoms with Crippen LogP contribution < -0.4 is 5.73 Å². The Balaban J connectivity index is 3.63. The number of nitrogens with two attached hydrogens (primary N) is 1. The van der Waals surface area contributed by atoms with Gasteiger partial charge in [-0.1, -0.05) is 0 Å². The SMILES string of the molecule is CCOCS(=O)(=O)CCCN. The van der Waals surface area contributed by atoms with E-state index in [-0.39, 0.29) is 11.7 Å². The van der Waals surface area contributed by atoms with Gasteiger partial charge in [-0.3, -0.25) is 0 Å². The molecule has 0 aliphatic rings. The van der Waals surface area contributed by atoms with E-state index in [1.165, 1.54) is 0 Å². The molecule has 0 spiro atoms. The summed E-state index contributed by atoms with van der Waals surface area (Å²) in [6, 6.07) is 0. The van der Waals surface area contributed by atoms with Crippen molar-refractivity contribution in [2.24, 2.45) is 5.73 Å². The second-order valence-electron chi connectivity index (χ2n) is 2.20. The molecule has 4 nitrogen and oxygen atoms in total. The molecule has 0 atom stereocenters. The summed E-state index contributed by atoms with van der Waals surface area (Å²) in [6.45, 7) is 2.60. The molecule has 68 valence electrons. The van der Waals surface area contributed by atoms with Crippen LogP contribution in [0.15, 0.2) is 0 Å². The minimum Gasteiger partial charge on any atom is -0.366 e. The average molecular weight is 181 g/mol. The van der Waals surface area contributed by atoms with Crippen molar-refractivity contribution in [3.8, 4) is 0 Å². The minimum absolute atomic E-state index is 0.128. The zero-order valence-corrected chi connectivity index (χ0v) is 7.56. The van der Waals surface area contributed by atoms with Crippen LogP contribution in [0.3, 0.4) is 0 Å². The smallest absolute Gasteiger partial charge is 0.174 e. The van der Waals surface area contributed by atoms with E-state index in [4.69, 9.17) is 10.5 Å². The highest BCUT2D eigenvalue weighted by atomic mass is 32.2. The van der Waals surface area contributed by atoms with Gasteiger partial charge in [0.15, 0.2) is 9.84 Å². The van der Waals surface area contributed by atoms with Crippen molar-refractivity contribution in [1.29, 1.82) is 0 Å². The molecular formula is C6H15NO3S. The molecule has 0 unspecified atom stereocenters. The Morgan fingerprint density at radius 3 is 2.55 bits per heavy atom. The molecule has 0 fully saturated rings. The minimum atomic E-state index is -3.01. The highest BCUT2D eigenvalue weighted by Gasteiger charge is 2.08. The molecule has 0 saturated carbocycles. The van der Waals surface area contributed by atoms with Crippen molar-refractivity contribution in [1.82, 2.24) is 0 Å². The molecule has 0 aromatic rings. The average Bonchev–Trinajstić information content (AvgIpc) is 1.97. The maximum Gasteiger partial charge on any atom is 0.174 e. The summed E-state index contributed by atoms with van der Waals surface area (Å²) in [5, 5.41) is 0. The van der Waals surface area contributed by atoms with Crippen LogP contribution in [0.4, 0.5) is 0 Å². The van der Waals surface area contributed by atoms with Crippen LogP contribution in [0.1, 0.15) is 13.3 Å². The van der Waals surface area contributed by atoms with Crippen molar-refractivity contribution in [3.63, 3.8) is 0 Å². The van der Waals surface area contributed by atoms with Gasteiger partial charge in [-0.2, -0.15) is 0 Å². The van der Waals surface area contributed by atoms with Gasteiger partial charge in [0, 0.05) is 6.61 Å². The largest absolute Gasteiger partial charge is 0.366 e. The molecule has 0 bridgehead atoms. The first-order valence-electron chi connectivity index (χ1n) is 3.60. The van der Waals surface area contributed by atoms with Crippen LogP contribution in [0.25, 0.3) is 0 Å². The van der Waals surface area contributed by atoms with Crippen LogP contribution in [0.2, 0.25) is 0 Å². The second kappa shape index (κ2) is 5.51. The van der Waals surface area contributed by atoms with Crippen LogP contribution >= 0.6 is 0 Å². The number of hydrogen-bond acceptors (Lipinski definition) is 4. The Hall–Kier alpha value is -0.130. The highest BCUT2D eigenvalue weighted by Crippen LogP contribution is 1.93. The quantitative estimate of drug-likeness (QED) is 0.613. The fraction of sp³-hybridized carbons (Fsp3) is 1.00. The Bertz CT molecular complexity index is 162. The van der Waals surface area contributed by atoms with Gasteiger partial charge in [-0.25, -0.2) is 8.42 Å². The molecule has 0 radical (unpaired) electrons. The summed E-state index contributed by atoms with van der Waals surface area (Å²) in [4.78, 5) is 0. The molecular weight excluding hydrogens is 166 g/mol. The van der Waals surface area contributed by atoms with Gasteiger partial charge in [-0.05, 0) is 19.9 Å². The van der Waals surface area contributed by atoms with Crippen molar-refractivity contribution >= 4 is 9.84 Å². The van der Waals surface area contributed by atoms with E-state index >= 15 is 0 Å². The lowest BCUT2D eigenvalue weighted by Crippen LogP contribution is -2.16. The Labute approximate surface area is 67.6 Å². The third-order valence-electron chi connectivity index (χ3n) is 1.13. The van der Waals surface area contributed by atoms with Crippen molar-refractivity contribution in [2.45, 2.75) is 13.3 Å². The maximum absolute atomic E-state index is 11.0. The summed E-state index contributed by atoms with van der Waals surface area (Å²) in [5.74, 6) is -0.0486. The lowest BCUT2D eigenvalue weighted by Gasteiger charge is -2.01. The molecule has 0 aliphatic heterocycles. The van der Waals surface area contributed by atoms with Crippen LogP contribution in [0.5, 0.6) is 0 Å². The van der Waals surface area contributed by atoms with Crippen LogP contribution in [0, 0.1) is 0 Å². The van der Waals surface area contributed by atoms with Crippen LogP contribution in [-0.4, -0.2) is 33.3 Å². The van der Waals surface area contributed by atoms with Gasteiger partial charge in [0.2, 0.25) is 0 Å². The van der Waals surface area contributed by atoms with Crippen molar-refractivity contribution < 1.29 is 13.2 Å². The predicted molar refractivity (Wildman–Crippen MR) is 44.0 cm³/mol. The topological polar surface area (TPSA) is 69.4 Å². The fourth-order valence-corrected chi connectivity index (χ4v) is 1.72. The van der Waals surface area contributed by atoms with E-state index in [9.17, 15) is 8.42 Å². The first kappa shape index (κ1) is 10.9. The molecule has 0 saturated heterocycles. The lowest BCUT2D eigenvalue weighted by atomic mass is 10.5. The second-order valence-corrected chi connectivity index (χ2v) is 4.33. The molecule has 0 amide bonds. The summed E-state index contributed by atoms with van der Waals surface area (Å²) >= 11 is 0. The first-order valence-corrected chi connectivity index (χ1v) is 5.42. The molecule has 0 aliphatic carbocycles. The Morgan fingerprint density at radius 2 is 2.09 bits per heavy atom. The number of sulfone groups is 1. The van der Waals surface area contributed by atoms with Crippen molar-refractivity contribution in [2.75, 3.05) is 24.8 Å². The van der Waals surface area contributed by atoms with Gasteiger partial charge in [0.05, 0.1) is 5.75 Å². The summed E-state index contributed by atoms with van der Waals surface area (Å²) in [5.41, 5.74) is 5.16. The number of hydrogen-bond donors (Lipinski definition) is 1. The number of rotatable bonds is 6. The maximum atomic E-state index is 11.0. The summed E-state index contributed by atoms with van der Waals surface area (Å²) in [6.07, 6.45) is 0.509. The summed E-state index contributed by atoms with van der Waals surface area (Å²) < 4.78 is 26.7. The Morgan fingerprint density at radius 1 is 1.45 bits per heavy atom. The summed E-state index contributed by atoms with van der Waals surface area (Å²) in [7, 11) is -3.01. The van der Waals surface area contributed by atoms with Gasteiger partial charge in [0.1, 0.15) is 5.94 Å². The predicted octanol–water partition coefficient (Wildman–Crippen LogP) is -0.256. The van der Waals surface area contributed by atoms with Gasteiger partial charge in [0.25, 0.3) is 0 Å². The van der Waals surface area contributed by atoms with E-state index in [1.807, 2.05) is 0 Å². The molecule has 0 aromatic carbocycles. The third kappa shape index (κ3) is 6.28. The van der Waals surface area contributed by atoms with E-state index in [0.717, 1.165) is 0 Å². The van der Waals surface area contributed by atoms with Crippen LogP contribution in [-0.2, 0) is 14.6 Å². The Kier molecular flexibility index (Phi) is 5.45. The molecule has 11 heavy (non-hydrogen) atoms. The molecule has 2 N–H and O–H groups in total. The molecule has 5 heteroatoms. The lowest BCUT2D eigenvalue weighted by molar-refractivity contribution is 0.192. The third-order valence-corrected chi connectivity index (χ3v) is 2.56. The number of ether oxygens (including phenoxy) is 1. The van der Waals surface area contributed by atoms with E-state index in [0.29, 0.717) is 19.6 Å². The van der Waals surface area contributed by atoms with E-state index in [2.05, 4.69) is 0 Å². The van der Waals surface area contributed by atoms with E-state index < -0.39 is 9.84 Å².